The SMILES string of the molecule is C[C@H]1O[C@@](Cn2cncn2)(c2c(F)cccc2F)[C@H]1C. The number of ether oxygens (including phenoxy) is 1. The maximum atomic E-state index is 14.1. The standard InChI is InChI=1S/C14H15F2N3O/c1-9-10(2)20-14(9,6-19-8-17-7-18-19)13-11(15)4-3-5-12(13)16/h3-5,7-10H,6H2,1-2H3/t9-,10+,14+/m0/s1. The zero-order chi connectivity index (χ0) is 14.3. The van der Waals surface area contributed by atoms with E-state index in [4.69, 9.17) is 4.74 Å². The molecule has 1 saturated heterocycles. The summed E-state index contributed by atoms with van der Waals surface area (Å²) in [6.45, 7) is 4.05. The zero-order valence-corrected chi connectivity index (χ0v) is 11.3. The third kappa shape index (κ3) is 1.83. The van der Waals surface area contributed by atoms with E-state index in [1.54, 1.807) is 0 Å². The van der Waals surface area contributed by atoms with E-state index in [1.807, 2.05) is 13.8 Å². The van der Waals surface area contributed by atoms with Gasteiger partial charge in [0.05, 0.1) is 18.2 Å². The monoisotopic (exact) mass is 279 g/mol. The molecule has 0 radical (unpaired) electrons. The van der Waals surface area contributed by atoms with E-state index in [0.29, 0.717) is 0 Å². The van der Waals surface area contributed by atoms with Crippen LogP contribution >= 0.6 is 0 Å². The Bertz CT molecular complexity index is 597. The first-order chi connectivity index (χ1) is 9.54. The van der Waals surface area contributed by atoms with Gasteiger partial charge in [-0.15, -0.1) is 0 Å². The molecule has 1 aliphatic rings. The molecule has 106 valence electrons. The van der Waals surface area contributed by atoms with Gasteiger partial charge in [0, 0.05) is 5.92 Å². The molecule has 0 N–H and O–H groups in total. The van der Waals surface area contributed by atoms with Gasteiger partial charge in [-0.25, -0.2) is 18.4 Å². The first-order valence-corrected chi connectivity index (χ1v) is 6.49. The predicted octanol–water partition coefficient (Wildman–Crippen LogP) is 2.51. The Balaban J connectivity index is 2.07. The molecule has 0 bridgehead atoms. The molecule has 0 unspecified atom stereocenters. The lowest BCUT2D eigenvalue weighted by Gasteiger charge is -2.52. The first-order valence-electron chi connectivity index (χ1n) is 6.49. The van der Waals surface area contributed by atoms with E-state index in [-0.39, 0.29) is 24.1 Å². The van der Waals surface area contributed by atoms with Crippen molar-refractivity contribution < 1.29 is 13.5 Å². The largest absolute Gasteiger partial charge is 0.364 e. The normalized spacial score (nSPS) is 29.2. The Morgan fingerprint density at radius 3 is 2.50 bits per heavy atom. The molecule has 0 spiro atoms. The molecule has 0 amide bonds. The maximum absolute atomic E-state index is 14.1. The van der Waals surface area contributed by atoms with Crippen molar-refractivity contribution in [2.75, 3.05) is 0 Å². The van der Waals surface area contributed by atoms with Crippen molar-refractivity contribution in [3.05, 3.63) is 48.1 Å². The Morgan fingerprint density at radius 1 is 1.30 bits per heavy atom. The van der Waals surface area contributed by atoms with Crippen LogP contribution in [-0.2, 0) is 16.9 Å². The van der Waals surface area contributed by atoms with Crippen LogP contribution in [0.1, 0.15) is 19.4 Å². The predicted molar refractivity (Wildman–Crippen MR) is 67.8 cm³/mol. The highest BCUT2D eigenvalue weighted by Crippen LogP contribution is 2.49. The summed E-state index contributed by atoms with van der Waals surface area (Å²) in [5.74, 6) is -1.22. The molecule has 20 heavy (non-hydrogen) atoms. The molecule has 1 aromatic carbocycles. The quantitative estimate of drug-likeness (QED) is 0.866. The lowest BCUT2D eigenvalue weighted by Crippen LogP contribution is -2.58. The van der Waals surface area contributed by atoms with Crippen LogP contribution in [0.4, 0.5) is 8.78 Å². The molecule has 2 aromatic rings. The van der Waals surface area contributed by atoms with Crippen molar-refractivity contribution in [1.82, 2.24) is 14.8 Å². The van der Waals surface area contributed by atoms with Gasteiger partial charge in [0.25, 0.3) is 0 Å². The van der Waals surface area contributed by atoms with Crippen LogP contribution in [0, 0.1) is 17.6 Å². The summed E-state index contributed by atoms with van der Waals surface area (Å²) in [5, 5.41) is 4.01. The van der Waals surface area contributed by atoms with Gasteiger partial charge in [0.15, 0.2) is 0 Å². The van der Waals surface area contributed by atoms with Gasteiger partial charge in [-0.1, -0.05) is 13.0 Å². The van der Waals surface area contributed by atoms with Gasteiger partial charge in [-0.05, 0) is 19.1 Å². The Kier molecular flexibility index (Phi) is 3.05. The second-order valence-corrected chi connectivity index (χ2v) is 5.19. The van der Waals surface area contributed by atoms with Gasteiger partial charge in [0.2, 0.25) is 0 Å². The van der Waals surface area contributed by atoms with Gasteiger partial charge < -0.3 is 4.74 Å². The summed E-state index contributed by atoms with van der Waals surface area (Å²) >= 11 is 0. The summed E-state index contributed by atoms with van der Waals surface area (Å²) in [6.07, 6.45) is 2.84. The molecule has 1 aromatic heterocycles. The minimum absolute atomic E-state index is 0.0268. The van der Waals surface area contributed by atoms with Crippen molar-refractivity contribution in [3.63, 3.8) is 0 Å². The summed E-state index contributed by atoms with van der Waals surface area (Å²) in [4.78, 5) is 3.86. The van der Waals surface area contributed by atoms with E-state index in [0.717, 1.165) is 0 Å². The van der Waals surface area contributed by atoms with Crippen LogP contribution in [0.2, 0.25) is 0 Å². The highest BCUT2D eigenvalue weighted by molar-refractivity contribution is 5.30. The molecule has 3 atom stereocenters. The van der Waals surface area contributed by atoms with Crippen molar-refractivity contribution in [2.45, 2.75) is 32.1 Å². The number of hydrogen-bond acceptors (Lipinski definition) is 3. The highest BCUT2D eigenvalue weighted by atomic mass is 19.1. The summed E-state index contributed by atoms with van der Waals surface area (Å²) in [7, 11) is 0. The zero-order valence-electron chi connectivity index (χ0n) is 11.3. The molecule has 0 saturated carbocycles. The van der Waals surface area contributed by atoms with Crippen molar-refractivity contribution in [3.8, 4) is 0 Å². The fourth-order valence-corrected chi connectivity index (χ4v) is 2.85. The molecular weight excluding hydrogens is 264 g/mol. The first kappa shape index (κ1) is 13.2. The van der Waals surface area contributed by atoms with Crippen molar-refractivity contribution in [2.24, 2.45) is 5.92 Å². The molecule has 6 heteroatoms. The highest BCUT2D eigenvalue weighted by Gasteiger charge is 2.55. The number of rotatable bonds is 3. The van der Waals surface area contributed by atoms with E-state index in [9.17, 15) is 8.78 Å². The summed E-state index contributed by atoms with van der Waals surface area (Å²) in [5.41, 5.74) is -1.07. The Labute approximate surface area is 115 Å². The van der Waals surface area contributed by atoms with E-state index in [1.165, 1.54) is 35.5 Å². The van der Waals surface area contributed by atoms with Crippen molar-refractivity contribution >= 4 is 0 Å². The molecule has 0 aliphatic carbocycles. The number of benzene rings is 1. The van der Waals surface area contributed by atoms with Gasteiger partial charge in [-0.2, -0.15) is 5.10 Å². The van der Waals surface area contributed by atoms with Crippen LogP contribution < -0.4 is 0 Å². The molecule has 4 nitrogen and oxygen atoms in total. The second kappa shape index (κ2) is 4.63. The van der Waals surface area contributed by atoms with E-state index < -0.39 is 17.2 Å². The Hall–Kier alpha value is -1.82. The molecule has 2 heterocycles. The minimum atomic E-state index is -1.04. The molecule has 3 rings (SSSR count). The minimum Gasteiger partial charge on any atom is -0.364 e. The van der Waals surface area contributed by atoms with Crippen LogP contribution in [0.3, 0.4) is 0 Å². The van der Waals surface area contributed by atoms with Crippen LogP contribution in [0.25, 0.3) is 0 Å². The van der Waals surface area contributed by atoms with E-state index >= 15 is 0 Å². The van der Waals surface area contributed by atoms with Crippen molar-refractivity contribution in [1.29, 1.82) is 0 Å². The summed E-state index contributed by atoms with van der Waals surface area (Å²) in [6, 6.07) is 3.85. The second-order valence-electron chi connectivity index (χ2n) is 5.19. The fourth-order valence-electron chi connectivity index (χ4n) is 2.85. The van der Waals surface area contributed by atoms with Gasteiger partial charge >= 0.3 is 0 Å². The molecular formula is C14H15F2N3O. The van der Waals surface area contributed by atoms with Crippen LogP contribution in [0.5, 0.6) is 0 Å². The number of hydrogen-bond donors (Lipinski definition) is 0. The third-order valence-corrected chi connectivity index (χ3v) is 4.09. The smallest absolute Gasteiger partial charge is 0.137 e. The number of halogens is 2. The fraction of sp³-hybridized carbons (Fsp3) is 0.429. The third-order valence-electron chi connectivity index (χ3n) is 4.09. The number of nitrogens with zero attached hydrogens (tertiary/aromatic N) is 3. The van der Waals surface area contributed by atoms with E-state index in [2.05, 4.69) is 10.1 Å². The van der Waals surface area contributed by atoms with Crippen LogP contribution in [0.15, 0.2) is 30.9 Å². The topological polar surface area (TPSA) is 39.9 Å². The lowest BCUT2D eigenvalue weighted by atomic mass is 9.73. The van der Waals surface area contributed by atoms with Crippen LogP contribution in [-0.4, -0.2) is 20.9 Å². The van der Waals surface area contributed by atoms with Gasteiger partial charge in [0.1, 0.15) is 29.9 Å². The maximum Gasteiger partial charge on any atom is 0.137 e. The summed E-state index contributed by atoms with van der Waals surface area (Å²) < 4.78 is 35.6. The molecule has 1 fully saturated rings. The lowest BCUT2D eigenvalue weighted by molar-refractivity contribution is -0.266. The number of aromatic nitrogens is 3. The Morgan fingerprint density at radius 2 is 2.00 bits per heavy atom. The van der Waals surface area contributed by atoms with Gasteiger partial charge in [-0.3, -0.25) is 0 Å². The average Bonchev–Trinajstić information content (AvgIpc) is 2.91. The average molecular weight is 279 g/mol. The molecule has 1 aliphatic heterocycles.